The van der Waals surface area contributed by atoms with Crippen molar-refractivity contribution >= 4 is 27.0 Å². The highest BCUT2D eigenvalue weighted by Gasteiger charge is 2.16. The van der Waals surface area contributed by atoms with Gasteiger partial charge in [-0.1, -0.05) is 0 Å². The van der Waals surface area contributed by atoms with Gasteiger partial charge in [0.15, 0.2) is 0 Å². The molecule has 18 heavy (non-hydrogen) atoms. The summed E-state index contributed by atoms with van der Waals surface area (Å²) in [5, 5.41) is 0. The summed E-state index contributed by atoms with van der Waals surface area (Å²) >= 11 is 1.21. The van der Waals surface area contributed by atoms with Crippen LogP contribution in [0.15, 0.2) is 35.1 Å². The number of anilines is 1. The molecule has 0 spiro atoms. The highest BCUT2D eigenvalue weighted by atomic mass is 32.2. The molecule has 0 aliphatic carbocycles. The van der Waals surface area contributed by atoms with Gasteiger partial charge in [0.2, 0.25) is 0 Å². The van der Waals surface area contributed by atoms with E-state index in [1.807, 2.05) is 0 Å². The quantitative estimate of drug-likeness (QED) is 0.848. The molecule has 0 bridgehead atoms. The van der Waals surface area contributed by atoms with Crippen molar-refractivity contribution in [3.8, 4) is 0 Å². The van der Waals surface area contributed by atoms with E-state index in [0.717, 1.165) is 4.88 Å². The first-order valence-corrected chi connectivity index (χ1v) is 7.48. The summed E-state index contributed by atoms with van der Waals surface area (Å²) < 4.78 is 26.7. The molecular weight excluding hydrogens is 272 g/mol. The maximum absolute atomic E-state index is 12.0. The Bertz CT molecular complexity index is 610. The van der Waals surface area contributed by atoms with Gasteiger partial charge < -0.3 is 5.73 Å². The van der Waals surface area contributed by atoms with E-state index in [-0.39, 0.29) is 4.21 Å². The summed E-state index contributed by atoms with van der Waals surface area (Å²) in [7, 11) is -3.56. The average molecular weight is 284 g/mol. The van der Waals surface area contributed by atoms with Gasteiger partial charge >= 0.3 is 0 Å². The van der Waals surface area contributed by atoms with Crippen LogP contribution in [0.1, 0.15) is 4.88 Å². The van der Waals surface area contributed by atoms with E-state index in [2.05, 4.69) is 14.7 Å². The third-order valence-electron chi connectivity index (χ3n) is 2.11. The van der Waals surface area contributed by atoms with Gasteiger partial charge in [-0.15, -0.1) is 11.3 Å². The zero-order valence-corrected chi connectivity index (χ0v) is 11.0. The number of nitrogens with two attached hydrogens (primary N) is 1. The van der Waals surface area contributed by atoms with Crippen molar-refractivity contribution in [2.75, 3.05) is 11.3 Å². The van der Waals surface area contributed by atoms with Crippen molar-refractivity contribution in [3.63, 3.8) is 0 Å². The van der Waals surface area contributed by atoms with Crippen LogP contribution >= 0.6 is 11.3 Å². The van der Waals surface area contributed by atoms with Gasteiger partial charge in [0.25, 0.3) is 10.0 Å². The third kappa shape index (κ3) is 3.03. The topological polar surface area (TPSA) is 98.0 Å². The molecule has 0 amide bonds. The fraction of sp³-hybridized carbons (Fsp3) is 0.200. The molecule has 0 aliphatic rings. The summed E-state index contributed by atoms with van der Waals surface area (Å²) in [5.41, 5.74) is 5.77. The van der Waals surface area contributed by atoms with Crippen LogP contribution in [0.25, 0.3) is 0 Å². The molecule has 0 aliphatic heterocycles. The molecule has 0 atom stereocenters. The Morgan fingerprint density at radius 1 is 1.28 bits per heavy atom. The van der Waals surface area contributed by atoms with E-state index in [0.29, 0.717) is 18.7 Å². The lowest BCUT2D eigenvalue weighted by Gasteiger charge is -2.04. The first-order chi connectivity index (χ1) is 8.62. The number of hydrogen-bond acceptors (Lipinski definition) is 6. The number of hydrogen-bond donors (Lipinski definition) is 2. The second-order valence-corrected chi connectivity index (χ2v) is 6.57. The first kappa shape index (κ1) is 12.9. The van der Waals surface area contributed by atoms with E-state index in [9.17, 15) is 8.42 Å². The van der Waals surface area contributed by atoms with Crippen LogP contribution in [0.4, 0.5) is 5.69 Å². The minimum atomic E-state index is -3.56. The lowest BCUT2D eigenvalue weighted by atomic mass is 10.3. The zero-order valence-electron chi connectivity index (χ0n) is 9.41. The number of nitrogens with one attached hydrogen (secondary N) is 1. The van der Waals surface area contributed by atoms with Crippen LogP contribution in [0.5, 0.6) is 0 Å². The smallest absolute Gasteiger partial charge is 0.271 e. The van der Waals surface area contributed by atoms with Crippen LogP contribution in [0, 0.1) is 0 Å². The van der Waals surface area contributed by atoms with E-state index in [4.69, 9.17) is 5.73 Å². The van der Waals surface area contributed by atoms with Gasteiger partial charge in [0.05, 0.1) is 18.1 Å². The Labute approximate surface area is 109 Å². The normalized spacial score (nSPS) is 11.4. The maximum Gasteiger partial charge on any atom is 0.271 e. The monoisotopic (exact) mass is 284 g/mol. The summed E-state index contributed by atoms with van der Waals surface area (Å²) in [4.78, 5) is 8.44. The van der Waals surface area contributed by atoms with Crippen LogP contribution in [-0.4, -0.2) is 24.9 Å². The Balaban J connectivity index is 2.20. The predicted octanol–water partition coefficient (Wildman–Crippen LogP) is 0.840. The summed E-state index contributed by atoms with van der Waals surface area (Å²) in [6.45, 7) is 0.500. The SMILES string of the molecule is NCCc1ccc(S(=O)(=O)Nc2cncnc2)s1. The Kier molecular flexibility index (Phi) is 3.90. The highest BCUT2D eigenvalue weighted by molar-refractivity contribution is 7.94. The molecule has 2 rings (SSSR count). The lowest BCUT2D eigenvalue weighted by Crippen LogP contribution is -2.11. The van der Waals surface area contributed by atoms with Crippen molar-refractivity contribution < 1.29 is 8.42 Å². The number of thiophene rings is 1. The molecule has 0 unspecified atom stereocenters. The minimum Gasteiger partial charge on any atom is -0.330 e. The molecule has 2 aromatic heterocycles. The standard InChI is InChI=1S/C10H12N4O2S2/c11-4-3-9-1-2-10(17-9)18(15,16)14-8-5-12-7-13-6-8/h1-2,5-7,14H,3-4,11H2. The zero-order chi connectivity index (χ0) is 13.0. The molecule has 0 saturated heterocycles. The Morgan fingerprint density at radius 2 is 2.00 bits per heavy atom. The van der Waals surface area contributed by atoms with Gasteiger partial charge in [-0.3, -0.25) is 4.72 Å². The Hall–Kier alpha value is -1.51. The van der Waals surface area contributed by atoms with Crippen molar-refractivity contribution in [1.82, 2.24) is 9.97 Å². The molecule has 96 valence electrons. The number of rotatable bonds is 5. The van der Waals surface area contributed by atoms with Crippen LogP contribution in [0.3, 0.4) is 0 Å². The number of aromatic nitrogens is 2. The first-order valence-electron chi connectivity index (χ1n) is 5.18. The van der Waals surface area contributed by atoms with E-state index in [1.54, 1.807) is 12.1 Å². The summed E-state index contributed by atoms with van der Waals surface area (Å²) in [5.74, 6) is 0. The number of nitrogens with zero attached hydrogens (tertiary/aromatic N) is 2. The van der Waals surface area contributed by atoms with Crippen molar-refractivity contribution in [2.45, 2.75) is 10.6 Å². The van der Waals surface area contributed by atoms with Crippen molar-refractivity contribution in [2.24, 2.45) is 5.73 Å². The molecule has 6 nitrogen and oxygen atoms in total. The van der Waals surface area contributed by atoms with Crippen molar-refractivity contribution in [3.05, 3.63) is 35.7 Å². The van der Waals surface area contributed by atoms with E-state index >= 15 is 0 Å². The molecule has 0 radical (unpaired) electrons. The van der Waals surface area contributed by atoms with E-state index < -0.39 is 10.0 Å². The van der Waals surface area contributed by atoms with E-state index in [1.165, 1.54) is 30.1 Å². The van der Waals surface area contributed by atoms with Crippen molar-refractivity contribution in [1.29, 1.82) is 0 Å². The molecule has 0 fully saturated rings. The third-order valence-corrected chi connectivity index (χ3v) is 5.12. The highest BCUT2D eigenvalue weighted by Crippen LogP contribution is 2.23. The molecule has 2 aromatic rings. The predicted molar refractivity (Wildman–Crippen MR) is 69.9 cm³/mol. The van der Waals surface area contributed by atoms with Gasteiger partial charge in [-0.25, -0.2) is 18.4 Å². The van der Waals surface area contributed by atoms with Gasteiger partial charge in [-0.2, -0.15) is 0 Å². The average Bonchev–Trinajstić information content (AvgIpc) is 2.80. The summed E-state index contributed by atoms with van der Waals surface area (Å²) in [6, 6.07) is 3.34. The molecule has 2 heterocycles. The van der Waals surface area contributed by atoms with Gasteiger partial charge in [0.1, 0.15) is 10.5 Å². The lowest BCUT2D eigenvalue weighted by molar-refractivity contribution is 0.603. The minimum absolute atomic E-state index is 0.259. The largest absolute Gasteiger partial charge is 0.330 e. The Morgan fingerprint density at radius 3 is 2.67 bits per heavy atom. The van der Waals surface area contributed by atoms with Crippen LogP contribution < -0.4 is 10.5 Å². The molecule has 0 aromatic carbocycles. The second kappa shape index (κ2) is 5.42. The van der Waals surface area contributed by atoms with Gasteiger partial charge in [-0.05, 0) is 25.1 Å². The molecule has 8 heteroatoms. The molecule has 0 saturated carbocycles. The maximum atomic E-state index is 12.0. The molecular formula is C10H12N4O2S2. The fourth-order valence-electron chi connectivity index (χ4n) is 1.34. The van der Waals surface area contributed by atoms with Crippen LogP contribution in [-0.2, 0) is 16.4 Å². The van der Waals surface area contributed by atoms with Crippen LogP contribution in [0.2, 0.25) is 0 Å². The summed E-state index contributed by atoms with van der Waals surface area (Å²) in [6.07, 6.45) is 4.81. The molecule has 3 N–H and O–H groups in total. The second-order valence-electron chi connectivity index (χ2n) is 3.49. The van der Waals surface area contributed by atoms with Gasteiger partial charge in [0, 0.05) is 4.88 Å². The number of sulfonamides is 1. The fourth-order valence-corrected chi connectivity index (χ4v) is 3.74.